The summed E-state index contributed by atoms with van der Waals surface area (Å²) >= 11 is 0. The fourth-order valence-corrected chi connectivity index (χ4v) is 7.65. The van der Waals surface area contributed by atoms with Gasteiger partial charge in [-0.3, -0.25) is 9.48 Å². The summed E-state index contributed by atoms with van der Waals surface area (Å²) in [7, 11) is 1.80. The number of nitrogens with one attached hydrogen (secondary N) is 1. The van der Waals surface area contributed by atoms with Crippen molar-refractivity contribution in [3.8, 4) is 0 Å². The first kappa shape index (κ1) is 21.1. The highest BCUT2D eigenvalue weighted by molar-refractivity contribution is 5.92. The van der Waals surface area contributed by atoms with Gasteiger partial charge in [-0.05, 0) is 81.1 Å². The van der Waals surface area contributed by atoms with Crippen molar-refractivity contribution in [3.63, 3.8) is 0 Å². The molecule has 0 spiro atoms. The van der Waals surface area contributed by atoms with Crippen molar-refractivity contribution in [3.05, 3.63) is 35.0 Å². The molecule has 8 heteroatoms. The van der Waals surface area contributed by atoms with Crippen LogP contribution >= 0.6 is 0 Å². The van der Waals surface area contributed by atoms with E-state index in [0.29, 0.717) is 31.7 Å². The highest BCUT2D eigenvalue weighted by Gasteiger charge is 2.53. The topological polar surface area (TPSA) is 96.2 Å². The number of carbonyl (C=O) groups is 1. The molecular formula is C25H34N6O2. The lowest BCUT2D eigenvalue weighted by Gasteiger charge is -2.58. The molecule has 8 nitrogen and oxygen atoms in total. The number of aromatic nitrogens is 4. The molecule has 0 aromatic carbocycles. The third kappa shape index (κ3) is 3.63. The van der Waals surface area contributed by atoms with Crippen molar-refractivity contribution in [1.82, 2.24) is 24.6 Å². The molecule has 1 unspecified atom stereocenters. The molecule has 1 aliphatic heterocycles. The van der Waals surface area contributed by atoms with E-state index in [-0.39, 0.29) is 17.4 Å². The molecule has 33 heavy (non-hydrogen) atoms. The van der Waals surface area contributed by atoms with Gasteiger partial charge >= 0.3 is 0 Å². The van der Waals surface area contributed by atoms with Crippen LogP contribution in [0.4, 0.5) is 5.82 Å². The number of fused-ring (bicyclic) bond motifs is 1. The Morgan fingerprint density at radius 2 is 1.91 bits per heavy atom. The highest BCUT2D eigenvalue weighted by Crippen LogP contribution is 2.61. The van der Waals surface area contributed by atoms with Crippen LogP contribution in [0, 0.1) is 30.1 Å². The Morgan fingerprint density at radius 3 is 2.55 bits per heavy atom. The molecule has 5 aliphatic rings. The Morgan fingerprint density at radius 1 is 1.21 bits per heavy atom. The second-order valence-electron chi connectivity index (χ2n) is 11.1. The van der Waals surface area contributed by atoms with E-state index in [4.69, 9.17) is 0 Å². The lowest BCUT2D eigenvalue weighted by Crippen LogP contribution is -2.53. The highest BCUT2D eigenvalue weighted by atomic mass is 16.3. The Hall–Kier alpha value is -2.48. The lowest BCUT2D eigenvalue weighted by atomic mass is 9.48. The van der Waals surface area contributed by atoms with Crippen LogP contribution in [0.2, 0.25) is 0 Å². The average molecular weight is 451 g/mol. The zero-order valence-corrected chi connectivity index (χ0v) is 19.6. The van der Waals surface area contributed by atoms with Crippen LogP contribution in [-0.4, -0.2) is 54.9 Å². The summed E-state index contributed by atoms with van der Waals surface area (Å²) in [5.74, 6) is 3.26. The maximum absolute atomic E-state index is 13.0. The van der Waals surface area contributed by atoms with Gasteiger partial charge in [0.25, 0.3) is 5.91 Å². The standard InChI is InChI=1S/C25H34N6O2/c1-15-5-21(30(2)29-15)24(33)31-4-3-19-20(13-31)27-14-28-23(19)26-12-22(32)25-9-16-6-17(10-25)8-18(7-16)11-25/h5,14,16-18,22,32H,3-4,6-13H2,1-2H3,(H,26,27,28). The van der Waals surface area contributed by atoms with Gasteiger partial charge in [0.05, 0.1) is 24.0 Å². The lowest BCUT2D eigenvalue weighted by molar-refractivity contribution is -0.115. The van der Waals surface area contributed by atoms with Gasteiger partial charge in [-0.25, -0.2) is 9.97 Å². The summed E-state index contributed by atoms with van der Waals surface area (Å²) in [6, 6.07) is 1.83. The zero-order valence-electron chi connectivity index (χ0n) is 19.6. The van der Waals surface area contributed by atoms with E-state index in [9.17, 15) is 9.90 Å². The van der Waals surface area contributed by atoms with Crippen molar-refractivity contribution < 1.29 is 9.90 Å². The van der Waals surface area contributed by atoms with Crippen molar-refractivity contribution in [1.29, 1.82) is 0 Å². The number of aliphatic hydroxyl groups is 1. The Labute approximate surface area is 194 Å². The molecule has 4 aliphatic carbocycles. The van der Waals surface area contributed by atoms with Crippen LogP contribution in [-0.2, 0) is 20.0 Å². The third-order valence-electron chi connectivity index (χ3n) is 8.77. The van der Waals surface area contributed by atoms with Crippen LogP contribution < -0.4 is 5.32 Å². The molecule has 2 N–H and O–H groups in total. The van der Waals surface area contributed by atoms with E-state index in [0.717, 1.165) is 40.5 Å². The maximum atomic E-state index is 13.0. The molecule has 2 aromatic heterocycles. The van der Waals surface area contributed by atoms with E-state index in [1.165, 1.54) is 38.5 Å². The number of rotatable bonds is 5. The second kappa shape index (κ2) is 7.79. The van der Waals surface area contributed by atoms with E-state index < -0.39 is 0 Å². The molecular weight excluding hydrogens is 416 g/mol. The monoisotopic (exact) mass is 450 g/mol. The summed E-state index contributed by atoms with van der Waals surface area (Å²) < 4.78 is 1.64. The van der Waals surface area contributed by atoms with Crippen LogP contribution in [0.5, 0.6) is 0 Å². The summed E-state index contributed by atoms with van der Waals surface area (Å²) in [6.07, 6.45) is 9.64. The molecule has 1 amide bonds. The van der Waals surface area contributed by atoms with Gasteiger partial charge in [0.15, 0.2) is 0 Å². The summed E-state index contributed by atoms with van der Waals surface area (Å²) in [6.45, 7) is 3.51. The SMILES string of the molecule is Cc1cc(C(=O)N2CCc3c(ncnc3NCC(O)C34CC5CC(CC(C5)C3)C4)C2)n(C)n1. The smallest absolute Gasteiger partial charge is 0.272 e. The Kier molecular flexibility index (Phi) is 4.98. The molecule has 1 atom stereocenters. The zero-order chi connectivity index (χ0) is 22.7. The number of amides is 1. The number of carbonyl (C=O) groups excluding carboxylic acids is 1. The van der Waals surface area contributed by atoms with Gasteiger partial charge in [-0.15, -0.1) is 0 Å². The first-order valence-corrected chi connectivity index (χ1v) is 12.4. The van der Waals surface area contributed by atoms with Crippen LogP contribution in [0.25, 0.3) is 0 Å². The minimum atomic E-state index is -0.341. The predicted molar refractivity (Wildman–Crippen MR) is 124 cm³/mol. The van der Waals surface area contributed by atoms with Crippen molar-refractivity contribution in [2.45, 2.75) is 64.5 Å². The number of hydrogen-bond acceptors (Lipinski definition) is 6. The van der Waals surface area contributed by atoms with Crippen molar-refractivity contribution in [2.75, 3.05) is 18.4 Å². The van der Waals surface area contributed by atoms with Gasteiger partial charge in [-0.2, -0.15) is 5.10 Å². The van der Waals surface area contributed by atoms with E-state index in [2.05, 4.69) is 20.4 Å². The fraction of sp³-hybridized carbons (Fsp3) is 0.680. The second-order valence-corrected chi connectivity index (χ2v) is 11.1. The molecule has 176 valence electrons. The van der Waals surface area contributed by atoms with E-state index in [1.807, 2.05) is 17.9 Å². The number of anilines is 1. The molecule has 4 fully saturated rings. The largest absolute Gasteiger partial charge is 0.391 e. The molecule has 0 saturated heterocycles. The van der Waals surface area contributed by atoms with Crippen LogP contribution in [0.15, 0.2) is 12.4 Å². The molecule has 4 saturated carbocycles. The van der Waals surface area contributed by atoms with Crippen LogP contribution in [0.3, 0.4) is 0 Å². The van der Waals surface area contributed by atoms with E-state index >= 15 is 0 Å². The molecule has 7 rings (SSSR count). The minimum Gasteiger partial charge on any atom is -0.391 e. The Bertz CT molecular complexity index is 1040. The molecule has 2 aromatic rings. The number of hydrogen-bond donors (Lipinski definition) is 2. The fourth-order valence-electron chi connectivity index (χ4n) is 7.65. The number of nitrogens with zero attached hydrogens (tertiary/aromatic N) is 5. The maximum Gasteiger partial charge on any atom is 0.272 e. The quantitative estimate of drug-likeness (QED) is 0.727. The van der Waals surface area contributed by atoms with Gasteiger partial charge in [0, 0.05) is 25.7 Å². The predicted octanol–water partition coefficient (Wildman–Crippen LogP) is 2.71. The summed E-state index contributed by atoms with van der Waals surface area (Å²) in [5.41, 5.74) is 3.49. The third-order valence-corrected chi connectivity index (χ3v) is 8.77. The van der Waals surface area contributed by atoms with Crippen molar-refractivity contribution >= 4 is 11.7 Å². The van der Waals surface area contributed by atoms with Gasteiger partial charge in [0.1, 0.15) is 17.8 Å². The molecule has 0 radical (unpaired) electrons. The number of aryl methyl sites for hydroxylation is 2. The van der Waals surface area contributed by atoms with Gasteiger partial charge in [-0.1, -0.05) is 0 Å². The summed E-state index contributed by atoms with van der Waals surface area (Å²) in [4.78, 5) is 23.8. The minimum absolute atomic E-state index is 0.0193. The van der Waals surface area contributed by atoms with Gasteiger partial charge < -0.3 is 15.3 Å². The Balaban J connectivity index is 1.14. The number of aliphatic hydroxyl groups excluding tert-OH is 1. The average Bonchev–Trinajstić information content (AvgIpc) is 3.13. The van der Waals surface area contributed by atoms with Crippen LogP contribution in [0.1, 0.15) is 66.0 Å². The van der Waals surface area contributed by atoms with Crippen molar-refractivity contribution in [2.24, 2.45) is 30.2 Å². The molecule has 3 heterocycles. The van der Waals surface area contributed by atoms with Gasteiger partial charge in [0.2, 0.25) is 0 Å². The summed E-state index contributed by atoms with van der Waals surface area (Å²) in [5, 5.41) is 19.1. The first-order chi connectivity index (χ1) is 15.9. The van der Waals surface area contributed by atoms with E-state index in [1.54, 1.807) is 18.1 Å². The first-order valence-electron chi connectivity index (χ1n) is 12.4. The molecule has 4 bridgehead atoms. The normalized spacial score (nSPS) is 30.9.